The van der Waals surface area contributed by atoms with Crippen molar-refractivity contribution in [2.45, 2.75) is 64.5 Å². The lowest BCUT2D eigenvalue weighted by molar-refractivity contribution is -0.127. The maximum absolute atomic E-state index is 12.4. The Balaban J connectivity index is 1.78. The molecule has 2 N–H and O–H groups in total. The molecule has 0 aromatic carbocycles. The van der Waals surface area contributed by atoms with Gasteiger partial charge in [-0.05, 0) is 45.6 Å². The number of unbranched alkanes of at least 4 members (excludes halogenated alkanes) is 1. The topological polar surface area (TPSA) is 78.5 Å². The molecule has 2 saturated heterocycles. The molecule has 2 atom stereocenters. The van der Waals surface area contributed by atoms with Crippen molar-refractivity contribution in [3.63, 3.8) is 0 Å². The van der Waals surface area contributed by atoms with Gasteiger partial charge in [-0.1, -0.05) is 13.3 Å². The van der Waals surface area contributed by atoms with Crippen molar-refractivity contribution in [1.82, 2.24) is 14.9 Å². The first-order chi connectivity index (χ1) is 10.9. The first-order valence-electron chi connectivity index (χ1n) is 8.94. The van der Waals surface area contributed by atoms with E-state index in [0.717, 1.165) is 25.8 Å². The van der Waals surface area contributed by atoms with Gasteiger partial charge < -0.3 is 10.6 Å². The minimum absolute atomic E-state index is 0.0437. The lowest BCUT2D eigenvalue weighted by atomic mass is 9.95. The van der Waals surface area contributed by atoms with Gasteiger partial charge in [-0.3, -0.25) is 4.79 Å². The summed E-state index contributed by atoms with van der Waals surface area (Å²) in [5, 5.41) is 6.54. The number of amides is 1. The van der Waals surface area contributed by atoms with Gasteiger partial charge in [-0.2, -0.15) is 0 Å². The van der Waals surface area contributed by atoms with Crippen molar-refractivity contribution >= 4 is 15.9 Å². The fourth-order valence-corrected chi connectivity index (χ4v) is 5.11. The smallest absolute Gasteiger partial charge is 0.223 e. The average molecular weight is 346 g/mol. The molecule has 2 unspecified atom stereocenters. The molecule has 7 heteroatoms. The summed E-state index contributed by atoms with van der Waals surface area (Å²) in [5.41, 5.74) is 0. The highest BCUT2D eigenvalue weighted by atomic mass is 32.2. The van der Waals surface area contributed by atoms with Crippen molar-refractivity contribution in [1.29, 1.82) is 0 Å². The molecule has 2 heterocycles. The minimum Gasteiger partial charge on any atom is -0.353 e. The van der Waals surface area contributed by atoms with Crippen molar-refractivity contribution < 1.29 is 13.2 Å². The van der Waals surface area contributed by atoms with Gasteiger partial charge in [-0.25, -0.2) is 12.7 Å². The maximum atomic E-state index is 12.4. The first kappa shape index (κ1) is 18.7. The van der Waals surface area contributed by atoms with Gasteiger partial charge in [0.1, 0.15) is 0 Å². The van der Waals surface area contributed by atoms with Crippen LogP contribution in [0.5, 0.6) is 0 Å². The maximum Gasteiger partial charge on any atom is 0.223 e. The fraction of sp³-hybridized carbons (Fsp3) is 0.938. The van der Waals surface area contributed by atoms with E-state index in [1.165, 1.54) is 0 Å². The fourth-order valence-electron chi connectivity index (χ4n) is 3.43. The second kappa shape index (κ2) is 8.44. The molecule has 1 amide bonds. The van der Waals surface area contributed by atoms with Crippen LogP contribution in [0.25, 0.3) is 0 Å². The van der Waals surface area contributed by atoms with E-state index in [0.29, 0.717) is 38.4 Å². The lowest BCUT2D eigenvalue weighted by Crippen LogP contribution is -2.50. The van der Waals surface area contributed by atoms with Gasteiger partial charge >= 0.3 is 0 Å². The van der Waals surface area contributed by atoms with Crippen LogP contribution in [0.4, 0.5) is 0 Å². The summed E-state index contributed by atoms with van der Waals surface area (Å²) < 4.78 is 26.0. The summed E-state index contributed by atoms with van der Waals surface area (Å²) in [6, 6.07) is 0.699. The summed E-state index contributed by atoms with van der Waals surface area (Å²) in [7, 11) is -3.14. The zero-order chi connectivity index (χ0) is 16.9. The van der Waals surface area contributed by atoms with Crippen LogP contribution in [0, 0.1) is 5.92 Å². The molecule has 0 saturated carbocycles. The molecule has 2 fully saturated rings. The van der Waals surface area contributed by atoms with Crippen molar-refractivity contribution in [3.05, 3.63) is 0 Å². The van der Waals surface area contributed by atoms with Gasteiger partial charge in [0.2, 0.25) is 15.9 Å². The molecule has 2 aliphatic rings. The van der Waals surface area contributed by atoms with E-state index < -0.39 is 10.0 Å². The quantitative estimate of drug-likeness (QED) is 0.755. The number of hydrogen-bond donors (Lipinski definition) is 2. The Kier molecular flexibility index (Phi) is 6.85. The van der Waals surface area contributed by atoms with Gasteiger partial charge in [0.05, 0.1) is 5.75 Å². The number of piperidine rings is 2. The van der Waals surface area contributed by atoms with Crippen molar-refractivity contribution in [2.24, 2.45) is 5.92 Å². The van der Waals surface area contributed by atoms with Gasteiger partial charge in [-0.15, -0.1) is 0 Å². The Morgan fingerprint density at radius 2 is 1.96 bits per heavy atom. The number of sulfonamides is 1. The average Bonchev–Trinajstić information content (AvgIpc) is 2.53. The molecular weight excluding hydrogens is 314 g/mol. The summed E-state index contributed by atoms with van der Waals surface area (Å²) in [4.78, 5) is 12.4. The molecule has 0 aromatic heterocycles. The van der Waals surface area contributed by atoms with Gasteiger partial charge in [0.25, 0.3) is 0 Å². The van der Waals surface area contributed by atoms with Crippen LogP contribution >= 0.6 is 0 Å². The Labute approximate surface area is 140 Å². The molecule has 2 aliphatic heterocycles. The second-order valence-electron chi connectivity index (χ2n) is 6.93. The second-order valence-corrected chi connectivity index (χ2v) is 9.02. The molecule has 0 radical (unpaired) electrons. The van der Waals surface area contributed by atoms with E-state index in [2.05, 4.69) is 17.6 Å². The first-order valence-corrected chi connectivity index (χ1v) is 10.5. The third-order valence-corrected chi connectivity index (χ3v) is 6.90. The highest BCUT2D eigenvalue weighted by molar-refractivity contribution is 7.89. The lowest BCUT2D eigenvalue weighted by Gasteiger charge is -2.33. The van der Waals surface area contributed by atoms with Crippen LogP contribution in [0.15, 0.2) is 0 Å². The molecule has 2 rings (SSSR count). The minimum atomic E-state index is -3.14. The number of hydrogen-bond acceptors (Lipinski definition) is 4. The molecule has 0 aromatic rings. The van der Waals surface area contributed by atoms with E-state index >= 15 is 0 Å². The molecule has 0 aliphatic carbocycles. The number of carbonyl (C=O) groups excluding carboxylic acids is 1. The molecule has 23 heavy (non-hydrogen) atoms. The van der Waals surface area contributed by atoms with Crippen LogP contribution in [0.3, 0.4) is 0 Å². The molecule has 0 spiro atoms. The van der Waals surface area contributed by atoms with Gasteiger partial charge in [0, 0.05) is 31.1 Å². The zero-order valence-electron chi connectivity index (χ0n) is 14.4. The highest BCUT2D eigenvalue weighted by Gasteiger charge is 2.31. The number of nitrogens with one attached hydrogen (secondary N) is 2. The van der Waals surface area contributed by atoms with Crippen molar-refractivity contribution in [3.8, 4) is 0 Å². The van der Waals surface area contributed by atoms with E-state index in [4.69, 9.17) is 0 Å². The summed E-state index contributed by atoms with van der Waals surface area (Å²) in [6.07, 6.45) is 4.80. The normalized spacial score (nSPS) is 27.7. The van der Waals surface area contributed by atoms with E-state index in [1.807, 2.05) is 6.92 Å². The summed E-state index contributed by atoms with van der Waals surface area (Å²) in [5.74, 6) is 0.292. The Morgan fingerprint density at radius 1 is 1.26 bits per heavy atom. The Morgan fingerprint density at radius 3 is 2.57 bits per heavy atom. The molecule has 134 valence electrons. The van der Waals surface area contributed by atoms with E-state index in [1.54, 1.807) is 4.31 Å². The third-order valence-electron chi connectivity index (χ3n) is 4.94. The number of carbonyl (C=O) groups is 1. The Bertz CT molecular complexity index is 487. The van der Waals surface area contributed by atoms with Crippen LogP contribution in [-0.4, -0.2) is 56.1 Å². The van der Waals surface area contributed by atoms with Crippen LogP contribution in [-0.2, 0) is 14.8 Å². The van der Waals surface area contributed by atoms with Crippen molar-refractivity contribution in [2.75, 3.05) is 25.4 Å². The highest BCUT2D eigenvalue weighted by Crippen LogP contribution is 2.21. The van der Waals surface area contributed by atoms with E-state index in [-0.39, 0.29) is 23.6 Å². The van der Waals surface area contributed by atoms with Crippen LogP contribution in [0.1, 0.15) is 52.4 Å². The number of rotatable bonds is 6. The monoisotopic (exact) mass is 345 g/mol. The molecule has 6 nitrogen and oxygen atoms in total. The number of nitrogens with zero attached hydrogens (tertiary/aromatic N) is 1. The predicted octanol–water partition coefficient (Wildman–Crippen LogP) is 1.09. The largest absolute Gasteiger partial charge is 0.353 e. The Hall–Kier alpha value is -0.660. The predicted molar refractivity (Wildman–Crippen MR) is 91.6 cm³/mol. The third kappa shape index (κ3) is 5.43. The zero-order valence-corrected chi connectivity index (χ0v) is 15.2. The van der Waals surface area contributed by atoms with Crippen LogP contribution < -0.4 is 10.6 Å². The summed E-state index contributed by atoms with van der Waals surface area (Å²) in [6.45, 7) is 6.03. The molecule has 0 bridgehead atoms. The standard InChI is InChI=1S/C16H31N3O3S/c1-3-4-11-23(21,22)19-9-6-14(7-10-19)16(20)18-15-5-8-17-13(2)12-15/h13-15,17H,3-12H2,1-2H3,(H,18,20). The SMILES string of the molecule is CCCCS(=O)(=O)N1CCC(C(=O)NC2CCNC(C)C2)CC1. The van der Waals surface area contributed by atoms with E-state index in [9.17, 15) is 13.2 Å². The van der Waals surface area contributed by atoms with Gasteiger partial charge in [0.15, 0.2) is 0 Å². The summed E-state index contributed by atoms with van der Waals surface area (Å²) >= 11 is 0. The molecular formula is C16H31N3O3S. The van der Waals surface area contributed by atoms with Crippen LogP contribution in [0.2, 0.25) is 0 Å².